The van der Waals surface area contributed by atoms with Gasteiger partial charge >= 0.3 is 0 Å². The molecule has 0 saturated carbocycles. The van der Waals surface area contributed by atoms with Crippen LogP contribution in [0, 0.1) is 0 Å². The highest BCUT2D eigenvalue weighted by molar-refractivity contribution is 5.75. The molecule has 0 aromatic heterocycles. The van der Waals surface area contributed by atoms with Crippen LogP contribution in [0.5, 0.6) is 0 Å². The smallest absolute Gasteiger partial charge is 0.220 e. The standard InChI is InChI=1S/C19H39NO5/c1-18(2)25-12-9-7-5-4-6-8-10-19(21)20-11-13-23-16-17-24-15-14-22-3/h18H,4-17H2,1-3H3,(H,20,21). The monoisotopic (exact) mass is 361 g/mol. The second kappa shape index (κ2) is 19.6. The Kier molecular flexibility index (Phi) is 19.1. The zero-order chi connectivity index (χ0) is 18.6. The first-order chi connectivity index (χ1) is 12.2. The van der Waals surface area contributed by atoms with Gasteiger partial charge in [0.1, 0.15) is 0 Å². The maximum Gasteiger partial charge on any atom is 0.220 e. The molecule has 0 fully saturated rings. The highest BCUT2D eigenvalue weighted by Gasteiger charge is 2.01. The van der Waals surface area contributed by atoms with E-state index in [2.05, 4.69) is 19.2 Å². The van der Waals surface area contributed by atoms with Crippen LogP contribution in [0.15, 0.2) is 0 Å². The summed E-state index contributed by atoms with van der Waals surface area (Å²) in [6.45, 7) is 8.37. The lowest BCUT2D eigenvalue weighted by molar-refractivity contribution is -0.121. The maximum absolute atomic E-state index is 11.7. The Hall–Kier alpha value is -0.690. The zero-order valence-electron chi connectivity index (χ0n) is 16.5. The molecule has 0 radical (unpaired) electrons. The van der Waals surface area contributed by atoms with Crippen molar-refractivity contribution in [2.75, 3.05) is 53.3 Å². The van der Waals surface area contributed by atoms with Gasteiger partial charge in [0, 0.05) is 26.7 Å². The average molecular weight is 362 g/mol. The van der Waals surface area contributed by atoms with Crippen molar-refractivity contribution in [3.05, 3.63) is 0 Å². The first kappa shape index (κ1) is 24.3. The number of methoxy groups -OCH3 is 1. The minimum absolute atomic E-state index is 0.116. The lowest BCUT2D eigenvalue weighted by atomic mass is 10.1. The van der Waals surface area contributed by atoms with E-state index in [-0.39, 0.29) is 5.91 Å². The van der Waals surface area contributed by atoms with E-state index in [4.69, 9.17) is 18.9 Å². The quantitative estimate of drug-likeness (QED) is 0.358. The van der Waals surface area contributed by atoms with Gasteiger partial charge in [-0.2, -0.15) is 0 Å². The molecule has 0 spiro atoms. The van der Waals surface area contributed by atoms with Crippen LogP contribution in [0.1, 0.15) is 58.8 Å². The molecule has 0 aliphatic rings. The lowest BCUT2D eigenvalue weighted by Gasteiger charge is -2.08. The summed E-state index contributed by atoms with van der Waals surface area (Å²) in [6.07, 6.45) is 7.79. The van der Waals surface area contributed by atoms with Crippen LogP contribution in [0.4, 0.5) is 0 Å². The average Bonchev–Trinajstić information content (AvgIpc) is 2.58. The highest BCUT2D eigenvalue weighted by atomic mass is 16.5. The molecule has 6 nitrogen and oxygen atoms in total. The Morgan fingerprint density at radius 3 is 2.08 bits per heavy atom. The van der Waals surface area contributed by atoms with E-state index in [0.29, 0.717) is 52.1 Å². The minimum Gasteiger partial charge on any atom is -0.382 e. The molecule has 0 aliphatic carbocycles. The van der Waals surface area contributed by atoms with Gasteiger partial charge in [-0.1, -0.05) is 25.7 Å². The molecule has 1 amide bonds. The molecule has 150 valence electrons. The summed E-state index contributed by atoms with van der Waals surface area (Å²) in [7, 11) is 1.65. The zero-order valence-corrected chi connectivity index (χ0v) is 16.5. The molecule has 0 aliphatic heterocycles. The highest BCUT2D eigenvalue weighted by Crippen LogP contribution is 2.07. The second-order valence-corrected chi connectivity index (χ2v) is 6.36. The third kappa shape index (κ3) is 21.3. The lowest BCUT2D eigenvalue weighted by Crippen LogP contribution is -2.27. The van der Waals surface area contributed by atoms with Gasteiger partial charge in [-0.25, -0.2) is 0 Å². The fourth-order valence-corrected chi connectivity index (χ4v) is 2.23. The Labute approximate surface area is 153 Å². The molecule has 0 saturated heterocycles. The number of hydrogen-bond donors (Lipinski definition) is 1. The van der Waals surface area contributed by atoms with E-state index in [1.54, 1.807) is 7.11 Å². The molecule has 1 N–H and O–H groups in total. The fraction of sp³-hybridized carbons (Fsp3) is 0.947. The van der Waals surface area contributed by atoms with E-state index >= 15 is 0 Å². The van der Waals surface area contributed by atoms with Crippen LogP contribution >= 0.6 is 0 Å². The van der Waals surface area contributed by atoms with Gasteiger partial charge in [-0.15, -0.1) is 0 Å². The van der Waals surface area contributed by atoms with Gasteiger partial charge in [0.15, 0.2) is 0 Å². The van der Waals surface area contributed by atoms with Gasteiger partial charge in [0.2, 0.25) is 5.91 Å². The first-order valence-corrected chi connectivity index (χ1v) is 9.69. The van der Waals surface area contributed by atoms with Gasteiger partial charge in [0.25, 0.3) is 0 Å². The molecule has 0 bridgehead atoms. The van der Waals surface area contributed by atoms with Crippen molar-refractivity contribution >= 4 is 5.91 Å². The van der Waals surface area contributed by atoms with Crippen LogP contribution in [0.3, 0.4) is 0 Å². The third-order valence-electron chi connectivity index (χ3n) is 3.62. The maximum atomic E-state index is 11.7. The van der Waals surface area contributed by atoms with Crippen molar-refractivity contribution in [3.63, 3.8) is 0 Å². The van der Waals surface area contributed by atoms with Gasteiger partial charge in [-0.3, -0.25) is 4.79 Å². The van der Waals surface area contributed by atoms with Crippen LogP contribution in [-0.2, 0) is 23.7 Å². The molecule has 0 unspecified atom stereocenters. The first-order valence-electron chi connectivity index (χ1n) is 9.69. The van der Waals surface area contributed by atoms with Crippen LogP contribution < -0.4 is 5.32 Å². The van der Waals surface area contributed by atoms with Gasteiger partial charge in [-0.05, 0) is 26.7 Å². The molecular weight excluding hydrogens is 322 g/mol. The molecule has 0 atom stereocenters. The number of carbonyl (C=O) groups excluding carboxylic acids is 1. The van der Waals surface area contributed by atoms with Crippen LogP contribution in [-0.4, -0.2) is 65.3 Å². The van der Waals surface area contributed by atoms with Gasteiger partial charge < -0.3 is 24.3 Å². The molecule has 0 heterocycles. The van der Waals surface area contributed by atoms with Crippen LogP contribution in [0.25, 0.3) is 0 Å². The molecule has 25 heavy (non-hydrogen) atoms. The largest absolute Gasteiger partial charge is 0.382 e. The number of nitrogens with one attached hydrogen (secondary N) is 1. The predicted octanol–water partition coefficient (Wildman–Crippen LogP) is 2.94. The van der Waals surface area contributed by atoms with E-state index in [1.165, 1.54) is 19.3 Å². The Morgan fingerprint density at radius 2 is 1.40 bits per heavy atom. The summed E-state index contributed by atoms with van der Waals surface area (Å²) in [4.78, 5) is 11.7. The number of unbranched alkanes of at least 4 members (excludes halogenated alkanes) is 5. The summed E-state index contributed by atoms with van der Waals surface area (Å²) in [5, 5.41) is 2.88. The summed E-state index contributed by atoms with van der Waals surface area (Å²) < 4.78 is 21.0. The number of carbonyl (C=O) groups is 1. The van der Waals surface area contributed by atoms with Crippen molar-refractivity contribution < 1.29 is 23.7 Å². The van der Waals surface area contributed by atoms with E-state index < -0.39 is 0 Å². The summed E-state index contributed by atoms with van der Waals surface area (Å²) in [6, 6.07) is 0. The van der Waals surface area contributed by atoms with Crippen molar-refractivity contribution in [1.82, 2.24) is 5.32 Å². The number of ether oxygens (including phenoxy) is 4. The number of amides is 1. The molecule has 6 heteroatoms. The summed E-state index contributed by atoms with van der Waals surface area (Å²) in [5.74, 6) is 0.116. The van der Waals surface area contributed by atoms with Crippen LogP contribution in [0.2, 0.25) is 0 Å². The van der Waals surface area contributed by atoms with Crippen molar-refractivity contribution in [2.45, 2.75) is 64.9 Å². The normalized spacial score (nSPS) is 11.2. The Bertz CT molecular complexity index is 287. The van der Waals surface area contributed by atoms with Gasteiger partial charge in [0.05, 0.1) is 39.1 Å². The second-order valence-electron chi connectivity index (χ2n) is 6.36. The Morgan fingerprint density at radius 1 is 0.800 bits per heavy atom. The topological polar surface area (TPSA) is 66.0 Å². The van der Waals surface area contributed by atoms with E-state index in [1.807, 2.05) is 0 Å². The molecular formula is C19H39NO5. The molecule has 0 rings (SSSR count). The Balaban J connectivity index is 3.16. The van der Waals surface area contributed by atoms with E-state index in [0.717, 1.165) is 25.9 Å². The summed E-state index contributed by atoms with van der Waals surface area (Å²) in [5.41, 5.74) is 0. The van der Waals surface area contributed by atoms with Crippen molar-refractivity contribution in [1.29, 1.82) is 0 Å². The minimum atomic E-state index is 0.116. The SMILES string of the molecule is COCCOCCOCCNC(=O)CCCCCCCCOC(C)C. The molecule has 0 aromatic carbocycles. The number of hydrogen-bond acceptors (Lipinski definition) is 5. The fourth-order valence-electron chi connectivity index (χ4n) is 2.23. The summed E-state index contributed by atoms with van der Waals surface area (Å²) >= 11 is 0. The van der Waals surface area contributed by atoms with Crippen molar-refractivity contribution in [2.24, 2.45) is 0 Å². The van der Waals surface area contributed by atoms with E-state index in [9.17, 15) is 4.79 Å². The third-order valence-corrected chi connectivity index (χ3v) is 3.62. The van der Waals surface area contributed by atoms with Crippen molar-refractivity contribution in [3.8, 4) is 0 Å². The predicted molar refractivity (Wildman–Crippen MR) is 99.9 cm³/mol. The molecule has 0 aromatic rings. The number of rotatable bonds is 19.